The van der Waals surface area contributed by atoms with Crippen LogP contribution in [0.1, 0.15) is 35.8 Å². The zero-order valence-electron chi connectivity index (χ0n) is 12.4. The van der Waals surface area contributed by atoms with E-state index in [0.29, 0.717) is 6.04 Å². The molecular formula is C17H22N2O. The van der Waals surface area contributed by atoms with Gasteiger partial charge in [-0.2, -0.15) is 0 Å². The SMILES string of the molecule is Cc1ccc(NC2CCCc3occc32)cc1N(C)C. The molecular weight excluding hydrogens is 248 g/mol. The van der Waals surface area contributed by atoms with Gasteiger partial charge in [0.05, 0.1) is 12.3 Å². The molecule has 106 valence electrons. The van der Waals surface area contributed by atoms with Gasteiger partial charge in [0.2, 0.25) is 0 Å². The first-order valence-electron chi connectivity index (χ1n) is 7.26. The summed E-state index contributed by atoms with van der Waals surface area (Å²) in [5.74, 6) is 1.15. The van der Waals surface area contributed by atoms with Crippen molar-refractivity contribution in [3.8, 4) is 0 Å². The van der Waals surface area contributed by atoms with E-state index in [1.807, 2.05) is 6.26 Å². The van der Waals surface area contributed by atoms with Gasteiger partial charge in [-0.15, -0.1) is 0 Å². The lowest BCUT2D eigenvalue weighted by Crippen LogP contribution is -2.16. The maximum atomic E-state index is 5.56. The molecule has 0 saturated heterocycles. The molecule has 0 aliphatic heterocycles. The smallest absolute Gasteiger partial charge is 0.109 e. The van der Waals surface area contributed by atoms with Crippen molar-refractivity contribution in [3.05, 3.63) is 47.4 Å². The van der Waals surface area contributed by atoms with Crippen molar-refractivity contribution in [1.82, 2.24) is 0 Å². The molecule has 2 aromatic rings. The number of nitrogens with one attached hydrogen (secondary N) is 1. The van der Waals surface area contributed by atoms with Gasteiger partial charge in [-0.1, -0.05) is 6.07 Å². The van der Waals surface area contributed by atoms with Gasteiger partial charge in [0.15, 0.2) is 0 Å². The van der Waals surface area contributed by atoms with Gasteiger partial charge in [0.25, 0.3) is 0 Å². The average Bonchev–Trinajstić information content (AvgIpc) is 2.90. The molecule has 1 N–H and O–H groups in total. The van der Waals surface area contributed by atoms with Crippen LogP contribution in [0, 0.1) is 6.92 Å². The van der Waals surface area contributed by atoms with Crippen LogP contribution in [-0.2, 0) is 6.42 Å². The molecule has 0 saturated carbocycles. The number of nitrogens with zero attached hydrogens (tertiary/aromatic N) is 1. The van der Waals surface area contributed by atoms with E-state index in [0.717, 1.165) is 18.6 Å². The Kier molecular flexibility index (Phi) is 3.43. The van der Waals surface area contributed by atoms with Crippen LogP contribution in [0.15, 0.2) is 34.9 Å². The maximum absolute atomic E-state index is 5.56. The van der Waals surface area contributed by atoms with Crippen LogP contribution in [0.5, 0.6) is 0 Å². The van der Waals surface area contributed by atoms with Gasteiger partial charge in [-0.25, -0.2) is 0 Å². The summed E-state index contributed by atoms with van der Waals surface area (Å²) in [6.45, 7) is 2.15. The highest BCUT2D eigenvalue weighted by atomic mass is 16.3. The van der Waals surface area contributed by atoms with Crippen LogP contribution in [0.3, 0.4) is 0 Å². The zero-order valence-corrected chi connectivity index (χ0v) is 12.4. The van der Waals surface area contributed by atoms with Gasteiger partial charge < -0.3 is 14.6 Å². The lowest BCUT2D eigenvalue weighted by Gasteiger charge is -2.25. The van der Waals surface area contributed by atoms with E-state index < -0.39 is 0 Å². The second-order valence-electron chi connectivity index (χ2n) is 5.78. The molecule has 1 heterocycles. The van der Waals surface area contributed by atoms with Crippen LogP contribution in [0.4, 0.5) is 11.4 Å². The largest absolute Gasteiger partial charge is 0.469 e. The third kappa shape index (κ3) is 2.40. The predicted molar refractivity (Wildman–Crippen MR) is 83.5 cm³/mol. The summed E-state index contributed by atoms with van der Waals surface area (Å²) < 4.78 is 5.56. The van der Waals surface area contributed by atoms with Crippen molar-refractivity contribution in [2.24, 2.45) is 0 Å². The van der Waals surface area contributed by atoms with E-state index in [-0.39, 0.29) is 0 Å². The molecule has 1 unspecified atom stereocenters. The van der Waals surface area contributed by atoms with Crippen molar-refractivity contribution < 1.29 is 4.42 Å². The molecule has 0 spiro atoms. The zero-order chi connectivity index (χ0) is 14.1. The Morgan fingerprint density at radius 3 is 2.90 bits per heavy atom. The monoisotopic (exact) mass is 270 g/mol. The summed E-state index contributed by atoms with van der Waals surface area (Å²) >= 11 is 0. The van der Waals surface area contributed by atoms with Crippen molar-refractivity contribution in [2.75, 3.05) is 24.3 Å². The minimum Gasteiger partial charge on any atom is -0.469 e. The highest BCUT2D eigenvalue weighted by molar-refractivity contribution is 5.62. The maximum Gasteiger partial charge on any atom is 0.109 e. The number of anilines is 2. The van der Waals surface area contributed by atoms with Gasteiger partial charge in [0.1, 0.15) is 5.76 Å². The van der Waals surface area contributed by atoms with Gasteiger partial charge in [-0.05, 0) is 43.5 Å². The fourth-order valence-electron chi connectivity index (χ4n) is 3.02. The summed E-state index contributed by atoms with van der Waals surface area (Å²) in [6, 6.07) is 9.04. The number of aryl methyl sites for hydroxylation is 2. The van der Waals surface area contributed by atoms with Crippen molar-refractivity contribution in [1.29, 1.82) is 0 Å². The first kappa shape index (κ1) is 13.1. The normalized spacial score (nSPS) is 17.6. The minimum absolute atomic E-state index is 0.371. The third-order valence-electron chi connectivity index (χ3n) is 4.08. The summed E-state index contributed by atoms with van der Waals surface area (Å²) in [7, 11) is 4.17. The lowest BCUT2D eigenvalue weighted by atomic mass is 9.93. The Morgan fingerprint density at radius 1 is 1.25 bits per heavy atom. The van der Waals surface area contributed by atoms with Gasteiger partial charge >= 0.3 is 0 Å². The lowest BCUT2D eigenvalue weighted by molar-refractivity contribution is 0.461. The number of hydrogen-bond acceptors (Lipinski definition) is 3. The molecule has 1 aliphatic carbocycles. The molecule has 0 fully saturated rings. The van der Waals surface area contributed by atoms with Crippen LogP contribution in [0.2, 0.25) is 0 Å². The van der Waals surface area contributed by atoms with E-state index in [1.54, 1.807) is 0 Å². The summed E-state index contributed by atoms with van der Waals surface area (Å²) in [5, 5.41) is 3.66. The second kappa shape index (κ2) is 5.23. The highest BCUT2D eigenvalue weighted by Crippen LogP contribution is 2.34. The molecule has 1 aliphatic rings. The summed E-state index contributed by atoms with van der Waals surface area (Å²) in [4.78, 5) is 2.16. The summed E-state index contributed by atoms with van der Waals surface area (Å²) in [6.07, 6.45) is 5.23. The van der Waals surface area contributed by atoms with Crippen LogP contribution >= 0.6 is 0 Å². The molecule has 0 radical (unpaired) electrons. The van der Waals surface area contributed by atoms with Crippen molar-refractivity contribution in [2.45, 2.75) is 32.2 Å². The molecule has 1 aromatic carbocycles. The summed E-state index contributed by atoms with van der Waals surface area (Å²) in [5.41, 5.74) is 5.06. The topological polar surface area (TPSA) is 28.4 Å². The first-order chi connectivity index (χ1) is 9.65. The minimum atomic E-state index is 0.371. The number of hydrogen-bond donors (Lipinski definition) is 1. The number of rotatable bonds is 3. The van der Waals surface area contributed by atoms with E-state index in [2.05, 4.69) is 55.5 Å². The Bertz CT molecular complexity index is 601. The molecule has 3 heteroatoms. The standard InChI is InChI=1S/C17H22N2O/c1-12-7-8-13(11-16(12)19(2)3)18-15-5-4-6-17-14(15)9-10-20-17/h7-11,15,18H,4-6H2,1-3H3. The van der Waals surface area contributed by atoms with Crippen LogP contribution < -0.4 is 10.2 Å². The molecule has 1 atom stereocenters. The highest BCUT2D eigenvalue weighted by Gasteiger charge is 2.22. The van der Waals surface area contributed by atoms with E-state index in [4.69, 9.17) is 4.42 Å². The van der Waals surface area contributed by atoms with Crippen LogP contribution in [-0.4, -0.2) is 14.1 Å². The fraction of sp³-hybridized carbons (Fsp3) is 0.412. The van der Waals surface area contributed by atoms with Crippen molar-refractivity contribution >= 4 is 11.4 Å². The molecule has 1 aromatic heterocycles. The fourth-order valence-corrected chi connectivity index (χ4v) is 3.02. The Balaban J connectivity index is 1.84. The van der Waals surface area contributed by atoms with Gasteiger partial charge in [0, 0.05) is 37.5 Å². The quantitative estimate of drug-likeness (QED) is 0.908. The van der Waals surface area contributed by atoms with Crippen molar-refractivity contribution in [3.63, 3.8) is 0 Å². The van der Waals surface area contributed by atoms with Crippen LogP contribution in [0.25, 0.3) is 0 Å². The Morgan fingerprint density at radius 2 is 2.10 bits per heavy atom. The van der Waals surface area contributed by atoms with E-state index in [9.17, 15) is 0 Å². The molecule has 3 rings (SSSR count). The Labute approximate surface area is 120 Å². The van der Waals surface area contributed by atoms with E-state index >= 15 is 0 Å². The molecule has 20 heavy (non-hydrogen) atoms. The predicted octanol–water partition coefficient (Wildman–Crippen LogP) is 4.14. The average molecular weight is 270 g/mol. The second-order valence-corrected chi connectivity index (χ2v) is 5.78. The molecule has 0 bridgehead atoms. The van der Waals surface area contributed by atoms with E-state index in [1.165, 1.54) is 28.9 Å². The number of benzene rings is 1. The molecule has 3 nitrogen and oxygen atoms in total. The number of fused-ring (bicyclic) bond motifs is 1. The molecule has 0 amide bonds. The number of furan rings is 1. The van der Waals surface area contributed by atoms with Gasteiger partial charge in [-0.3, -0.25) is 0 Å². The third-order valence-corrected chi connectivity index (χ3v) is 4.08. The first-order valence-corrected chi connectivity index (χ1v) is 7.26. The Hall–Kier alpha value is -1.90.